The molecule has 2 N–H and O–H groups in total. The molecule has 1 aliphatic rings. The van der Waals surface area contributed by atoms with Crippen molar-refractivity contribution in [2.75, 3.05) is 0 Å². The van der Waals surface area contributed by atoms with Crippen molar-refractivity contribution in [2.24, 2.45) is 33.8 Å². The van der Waals surface area contributed by atoms with Crippen molar-refractivity contribution in [3.8, 4) is 0 Å². The molecule has 0 saturated heterocycles. The quantitative estimate of drug-likeness (QED) is 0.619. The lowest BCUT2D eigenvalue weighted by atomic mass is 9.60. The van der Waals surface area contributed by atoms with Crippen LogP contribution < -0.4 is 5.73 Å². The van der Waals surface area contributed by atoms with Gasteiger partial charge in [-0.2, -0.15) is 0 Å². The van der Waals surface area contributed by atoms with Gasteiger partial charge in [0.1, 0.15) is 0 Å². The maximum Gasteiger partial charge on any atom is 0.0349 e. The topological polar surface area (TPSA) is 26.0 Å². The van der Waals surface area contributed by atoms with E-state index >= 15 is 0 Å². The molecule has 1 heteroatoms. The summed E-state index contributed by atoms with van der Waals surface area (Å²) < 4.78 is 0. The van der Waals surface area contributed by atoms with Gasteiger partial charge < -0.3 is 5.73 Å². The third-order valence-electron chi connectivity index (χ3n) is 4.54. The van der Waals surface area contributed by atoms with E-state index in [1.165, 1.54) is 11.1 Å². The van der Waals surface area contributed by atoms with Crippen molar-refractivity contribution < 1.29 is 0 Å². The molecule has 1 aliphatic carbocycles. The van der Waals surface area contributed by atoms with Crippen molar-refractivity contribution in [2.45, 2.75) is 69.2 Å². The maximum absolute atomic E-state index is 6.60. The van der Waals surface area contributed by atoms with E-state index in [2.05, 4.69) is 75.3 Å². The summed E-state index contributed by atoms with van der Waals surface area (Å²) in [7, 11) is 0. The molecule has 0 radical (unpaired) electrons. The van der Waals surface area contributed by atoms with Crippen LogP contribution in [0.2, 0.25) is 0 Å². The minimum Gasteiger partial charge on any atom is -0.399 e. The highest BCUT2D eigenvalue weighted by atomic mass is 14.6. The molecule has 20 heavy (non-hydrogen) atoms. The van der Waals surface area contributed by atoms with Gasteiger partial charge in [-0.1, -0.05) is 75.3 Å². The van der Waals surface area contributed by atoms with Crippen LogP contribution in [0.3, 0.4) is 0 Å². The third kappa shape index (κ3) is 3.30. The average Bonchev–Trinajstić information content (AvgIpc) is 2.10. The molecule has 0 aromatic heterocycles. The Morgan fingerprint density at radius 1 is 0.850 bits per heavy atom. The molecule has 0 bridgehead atoms. The van der Waals surface area contributed by atoms with E-state index in [9.17, 15) is 0 Å². The first-order valence-corrected chi connectivity index (χ1v) is 7.90. The number of allylic oxidation sites excluding steroid dienone is 3. The molecule has 0 aliphatic heterocycles. The van der Waals surface area contributed by atoms with Crippen LogP contribution in [0.15, 0.2) is 22.9 Å². The first kappa shape index (κ1) is 17.3. The van der Waals surface area contributed by atoms with Crippen LogP contribution in [-0.2, 0) is 0 Å². The van der Waals surface area contributed by atoms with Gasteiger partial charge in [0.2, 0.25) is 0 Å². The zero-order chi connectivity index (χ0) is 16.1. The predicted octanol–water partition coefficient (Wildman–Crippen LogP) is 5.53. The summed E-state index contributed by atoms with van der Waals surface area (Å²) in [5.74, 6) is 1.04. The predicted molar refractivity (Wildman–Crippen MR) is 90.3 cm³/mol. The van der Waals surface area contributed by atoms with Crippen LogP contribution in [-0.4, -0.2) is 0 Å². The summed E-state index contributed by atoms with van der Waals surface area (Å²) in [6.45, 7) is 23.0. The largest absolute Gasteiger partial charge is 0.399 e. The molecule has 2 unspecified atom stereocenters. The van der Waals surface area contributed by atoms with Crippen molar-refractivity contribution in [3.05, 3.63) is 22.9 Å². The highest BCUT2D eigenvalue weighted by Gasteiger charge is 2.40. The van der Waals surface area contributed by atoms with E-state index in [0.717, 1.165) is 5.70 Å². The Bertz CT molecular complexity index is 430. The summed E-state index contributed by atoms with van der Waals surface area (Å²) in [6, 6.07) is 0. The number of hydrogen-bond acceptors (Lipinski definition) is 1. The van der Waals surface area contributed by atoms with Gasteiger partial charge >= 0.3 is 0 Å². The monoisotopic (exact) mass is 277 g/mol. The fraction of sp³-hybridized carbons (Fsp3) is 0.789. The Labute approximate surface area is 126 Å². The zero-order valence-corrected chi connectivity index (χ0v) is 15.3. The lowest BCUT2D eigenvalue weighted by Crippen LogP contribution is -2.37. The molecule has 1 nitrogen and oxygen atoms in total. The van der Waals surface area contributed by atoms with Crippen LogP contribution in [0.25, 0.3) is 0 Å². The highest BCUT2D eigenvalue weighted by Crippen LogP contribution is 2.50. The smallest absolute Gasteiger partial charge is 0.0349 e. The minimum atomic E-state index is 0.101. The van der Waals surface area contributed by atoms with Crippen molar-refractivity contribution in [1.82, 2.24) is 0 Å². The van der Waals surface area contributed by atoms with Crippen LogP contribution in [0.4, 0.5) is 0 Å². The first-order chi connectivity index (χ1) is 8.67. The van der Waals surface area contributed by atoms with Gasteiger partial charge in [0.05, 0.1) is 0 Å². The van der Waals surface area contributed by atoms with Crippen LogP contribution >= 0.6 is 0 Å². The lowest BCUT2D eigenvalue weighted by Gasteiger charge is -2.45. The van der Waals surface area contributed by atoms with Gasteiger partial charge in [0.25, 0.3) is 0 Å². The Kier molecular flexibility index (Phi) is 4.27. The second-order valence-corrected chi connectivity index (χ2v) is 9.59. The first-order valence-electron chi connectivity index (χ1n) is 7.90. The van der Waals surface area contributed by atoms with E-state index in [1.54, 1.807) is 0 Å². The standard InChI is InChI=1S/C19H35N/c1-12-13(17(2,3)4)11-14(18(5,6)7)16(20)15(12)19(8,9)10/h11-13H,20H2,1-10H3. The van der Waals surface area contributed by atoms with Crippen LogP contribution in [0.1, 0.15) is 69.2 Å². The summed E-state index contributed by atoms with van der Waals surface area (Å²) in [5, 5.41) is 0. The number of nitrogens with two attached hydrogens (primary N) is 1. The number of rotatable bonds is 0. The molecule has 0 aromatic carbocycles. The molecule has 0 amide bonds. The van der Waals surface area contributed by atoms with Crippen molar-refractivity contribution >= 4 is 0 Å². The lowest BCUT2D eigenvalue weighted by molar-refractivity contribution is 0.211. The minimum absolute atomic E-state index is 0.101. The fourth-order valence-corrected chi connectivity index (χ4v) is 3.72. The third-order valence-corrected chi connectivity index (χ3v) is 4.54. The van der Waals surface area contributed by atoms with Crippen molar-refractivity contribution in [3.63, 3.8) is 0 Å². The average molecular weight is 277 g/mol. The van der Waals surface area contributed by atoms with Gasteiger partial charge in [-0.05, 0) is 39.2 Å². The van der Waals surface area contributed by atoms with Gasteiger partial charge in [-0.15, -0.1) is 0 Å². The van der Waals surface area contributed by atoms with Gasteiger partial charge in [0, 0.05) is 5.70 Å². The van der Waals surface area contributed by atoms with Gasteiger partial charge in [-0.25, -0.2) is 0 Å². The molecule has 0 saturated carbocycles. The number of hydrogen-bond donors (Lipinski definition) is 1. The van der Waals surface area contributed by atoms with Crippen LogP contribution in [0.5, 0.6) is 0 Å². The van der Waals surface area contributed by atoms with E-state index in [1.807, 2.05) is 0 Å². The summed E-state index contributed by atoms with van der Waals surface area (Å²) >= 11 is 0. The second-order valence-electron chi connectivity index (χ2n) is 9.59. The Morgan fingerprint density at radius 2 is 1.30 bits per heavy atom. The van der Waals surface area contributed by atoms with E-state index < -0.39 is 0 Å². The second kappa shape index (κ2) is 4.93. The molecule has 0 heterocycles. The SMILES string of the molecule is CC1C(C(C)(C)C)=C(N)C(C(C)(C)C)=CC1C(C)(C)C. The van der Waals surface area contributed by atoms with E-state index in [4.69, 9.17) is 5.73 Å². The van der Waals surface area contributed by atoms with Gasteiger partial charge in [0.15, 0.2) is 0 Å². The molecule has 0 spiro atoms. The normalized spacial score (nSPS) is 25.8. The van der Waals surface area contributed by atoms with E-state index in [-0.39, 0.29) is 16.2 Å². The van der Waals surface area contributed by atoms with Crippen LogP contribution in [0, 0.1) is 28.1 Å². The summed E-state index contributed by atoms with van der Waals surface area (Å²) in [5.41, 5.74) is 10.9. The van der Waals surface area contributed by atoms with Gasteiger partial charge in [-0.3, -0.25) is 0 Å². The Morgan fingerprint density at radius 3 is 1.60 bits per heavy atom. The zero-order valence-electron chi connectivity index (χ0n) is 15.3. The molecule has 116 valence electrons. The molecular weight excluding hydrogens is 242 g/mol. The molecule has 0 fully saturated rings. The summed E-state index contributed by atoms with van der Waals surface area (Å²) in [4.78, 5) is 0. The van der Waals surface area contributed by atoms with Crippen molar-refractivity contribution in [1.29, 1.82) is 0 Å². The Balaban J connectivity index is 3.54. The highest BCUT2D eigenvalue weighted by molar-refractivity contribution is 5.44. The Hall–Kier alpha value is -0.720. The molecule has 2 atom stereocenters. The molecular formula is C19H35N. The molecule has 1 rings (SSSR count). The summed E-state index contributed by atoms with van der Waals surface area (Å²) in [6.07, 6.45) is 2.45. The van der Waals surface area contributed by atoms with E-state index in [0.29, 0.717) is 11.8 Å². The maximum atomic E-state index is 6.60. The molecule has 0 aromatic rings. The fourth-order valence-electron chi connectivity index (χ4n) is 3.72.